The highest BCUT2D eigenvalue weighted by Crippen LogP contribution is 2.20. The number of hydrogen-bond donors (Lipinski definition) is 2. The molecule has 0 saturated heterocycles. The molecular weight excluding hydrogens is 336 g/mol. The number of amides is 2. The fourth-order valence-corrected chi connectivity index (χ4v) is 2.40. The molecule has 8 heteroatoms. The Kier molecular flexibility index (Phi) is 4.84. The lowest BCUT2D eigenvalue weighted by atomic mass is 10.2. The molecule has 3 aromatic rings. The van der Waals surface area contributed by atoms with Crippen LogP contribution in [0.5, 0.6) is 0 Å². The van der Waals surface area contributed by atoms with Gasteiger partial charge in [-0.1, -0.05) is 18.2 Å². The first-order valence-corrected chi connectivity index (χ1v) is 7.71. The molecule has 2 aromatic carbocycles. The number of pyridine rings is 1. The smallest absolute Gasteiger partial charge is 0.269 e. The number of anilines is 1. The summed E-state index contributed by atoms with van der Waals surface area (Å²) < 4.78 is 0. The van der Waals surface area contributed by atoms with Gasteiger partial charge < -0.3 is 10.6 Å². The number of carbonyl (C=O) groups is 2. The Balaban J connectivity index is 1.61. The molecule has 0 aliphatic rings. The molecular formula is C18H14N4O4. The molecule has 0 bridgehead atoms. The maximum absolute atomic E-state index is 12.1. The molecule has 0 saturated carbocycles. The zero-order valence-electron chi connectivity index (χ0n) is 13.5. The first kappa shape index (κ1) is 17.0. The highest BCUT2D eigenvalue weighted by atomic mass is 16.6. The van der Waals surface area contributed by atoms with Crippen molar-refractivity contribution in [3.05, 3.63) is 76.5 Å². The first-order valence-electron chi connectivity index (χ1n) is 7.71. The van der Waals surface area contributed by atoms with Crippen LogP contribution in [-0.4, -0.2) is 28.3 Å². The summed E-state index contributed by atoms with van der Waals surface area (Å²) in [5, 5.41) is 16.7. The quantitative estimate of drug-likeness (QED) is 0.542. The summed E-state index contributed by atoms with van der Waals surface area (Å²) >= 11 is 0. The van der Waals surface area contributed by atoms with Gasteiger partial charge in [0.25, 0.3) is 11.6 Å². The largest absolute Gasteiger partial charge is 0.343 e. The number of nitrogens with one attached hydrogen (secondary N) is 2. The average Bonchev–Trinajstić information content (AvgIpc) is 2.66. The molecule has 3 rings (SSSR count). The number of nitrogens with zero attached hydrogens (tertiary/aromatic N) is 2. The predicted octanol–water partition coefficient (Wildman–Crippen LogP) is 2.51. The van der Waals surface area contributed by atoms with Crippen molar-refractivity contribution < 1.29 is 14.5 Å². The van der Waals surface area contributed by atoms with E-state index in [1.807, 2.05) is 12.1 Å². The number of aromatic nitrogens is 1. The van der Waals surface area contributed by atoms with Gasteiger partial charge in [-0.2, -0.15) is 0 Å². The number of nitro groups is 1. The van der Waals surface area contributed by atoms with E-state index in [-0.39, 0.29) is 17.8 Å². The van der Waals surface area contributed by atoms with Gasteiger partial charge in [0.15, 0.2) is 0 Å². The first-order chi connectivity index (χ1) is 12.5. The Labute approximate surface area is 148 Å². The van der Waals surface area contributed by atoms with Crippen molar-refractivity contribution in [2.75, 3.05) is 11.9 Å². The van der Waals surface area contributed by atoms with Gasteiger partial charge in [0.1, 0.15) is 0 Å². The third-order valence-corrected chi connectivity index (χ3v) is 3.66. The molecule has 1 aromatic heterocycles. The molecule has 26 heavy (non-hydrogen) atoms. The fraction of sp³-hybridized carbons (Fsp3) is 0.0556. The summed E-state index contributed by atoms with van der Waals surface area (Å²) in [6, 6.07) is 14.2. The van der Waals surface area contributed by atoms with E-state index in [0.29, 0.717) is 11.2 Å². The van der Waals surface area contributed by atoms with Crippen molar-refractivity contribution in [1.82, 2.24) is 10.3 Å². The summed E-state index contributed by atoms with van der Waals surface area (Å²) in [7, 11) is 0. The standard InChI is InChI=1S/C18H14N4O4/c23-16(21-15-5-1-3-12-4-2-10-19-17(12)15)11-20-18(24)13-6-8-14(9-7-13)22(25)26/h1-10H,11H2,(H,20,24)(H,21,23). The molecule has 0 aliphatic heterocycles. The van der Waals surface area contributed by atoms with Gasteiger partial charge in [0.05, 0.1) is 22.7 Å². The van der Waals surface area contributed by atoms with E-state index in [1.54, 1.807) is 24.4 Å². The Morgan fingerprint density at radius 2 is 1.77 bits per heavy atom. The topological polar surface area (TPSA) is 114 Å². The van der Waals surface area contributed by atoms with Crippen molar-refractivity contribution in [3.63, 3.8) is 0 Å². The van der Waals surface area contributed by atoms with Gasteiger partial charge >= 0.3 is 0 Å². The maximum Gasteiger partial charge on any atom is 0.269 e. The Bertz CT molecular complexity index is 981. The van der Waals surface area contributed by atoms with E-state index in [1.165, 1.54) is 24.3 Å². The normalized spacial score (nSPS) is 10.3. The van der Waals surface area contributed by atoms with Crippen molar-refractivity contribution >= 4 is 34.1 Å². The summed E-state index contributed by atoms with van der Waals surface area (Å²) in [4.78, 5) is 38.4. The number of hydrogen-bond acceptors (Lipinski definition) is 5. The summed E-state index contributed by atoms with van der Waals surface area (Å²) in [6.07, 6.45) is 1.63. The minimum atomic E-state index is -0.548. The van der Waals surface area contributed by atoms with Gasteiger partial charge in [-0.25, -0.2) is 0 Å². The Morgan fingerprint density at radius 3 is 2.50 bits per heavy atom. The van der Waals surface area contributed by atoms with Crippen LogP contribution in [0, 0.1) is 10.1 Å². The van der Waals surface area contributed by atoms with Gasteiger partial charge in [0.2, 0.25) is 5.91 Å². The molecule has 0 aliphatic carbocycles. The van der Waals surface area contributed by atoms with Crippen LogP contribution < -0.4 is 10.6 Å². The molecule has 130 valence electrons. The third-order valence-electron chi connectivity index (χ3n) is 3.66. The number of rotatable bonds is 5. The molecule has 2 N–H and O–H groups in total. The second-order valence-electron chi connectivity index (χ2n) is 5.42. The molecule has 0 atom stereocenters. The average molecular weight is 350 g/mol. The Hall–Kier alpha value is -3.81. The second-order valence-corrected chi connectivity index (χ2v) is 5.42. The van der Waals surface area contributed by atoms with Crippen molar-refractivity contribution in [1.29, 1.82) is 0 Å². The number of benzene rings is 2. The van der Waals surface area contributed by atoms with Crippen LogP contribution in [0.15, 0.2) is 60.8 Å². The number of carbonyl (C=O) groups excluding carboxylic acids is 2. The molecule has 1 heterocycles. The highest BCUT2D eigenvalue weighted by Gasteiger charge is 2.11. The minimum absolute atomic E-state index is 0.109. The van der Waals surface area contributed by atoms with Gasteiger partial charge in [-0.3, -0.25) is 24.7 Å². The maximum atomic E-state index is 12.1. The summed E-state index contributed by atoms with van der Waals surface area (Å²) in [5.74, 6) is -0.899. The number of fused-ring (bicyclic) bond motifs is 1. The van der Waals surface area contributed by atoms with E-state index in [2.05, 4.69) is 15.6 Å². The number of nitro benzene ring substituents is 1. The van der Waals surface area contributed by atoms with E-state index in [0.717, 1.165) is 5.39 Å². The number of para-hydroxylation sites is 1. The van der Waals surface area contributed by atoms with Crippen LogP contribution in [0.1, 0.15) is 10.4 Å². The lowest BCUT2D eigenvalue weighted by molar-refractivity contribution is -0.384. The molecule has 0 radical (unpaired) electrons. The summed E-state index contributed by atoms with van der Waals surface area (Å²) in [6.45, 7) is -0.237. The number of non-ortho nitro benzene ring substituents is 1. The van der Waals surface area contributed by atoms with E-state index in [9.17, 15) is 19.7 Å². The molecule has 8 nitrogen and oxygen atoms in total. The van der Waals surface area contributed by atoms with Crippen molar-refractivity contribution in [2.45, 2.75) is 0 Å². The molecule has 0 spiro atoms. The van der Waals surface area contributed by atoms with Crippen molar-refractivity contribution in [2.24, 2.45) is 0 Å². The Morgan fingerprint density at radius 1 is 1.04 bits per heavy atom. The molecule has 0 fully saturated rings. The van der Waals surface area contributed by atoms with Crippen LogP contribution in [0.4, 0.5) is 11.4 Å². The third kappa shape index (κ3) is 3.81. The van der Waals surface area contributed by atoms with E-state index >= 15 is 0 Å². The summed E-state index contributed by atoms with van der Waals surface area (Å²) in [5.41, 5.74) is 1.33. The lowest BCUT2D eigenvalue weighted by Gasteiger charge is -2.09. The van der Waals surface area contributed by atoms with E-state index in [4.69, 9.17) is 0 Å². The zero-order valence-corrected chi connectivity index (χ0v) is 13.5. The zero-order chi connectivity index (χ0) is 18.5. The fourth-order valence-electron chi connectivity index (χ4n) is 2.40. The van der Waals surface area contributed by atoms with Crippen LogP contribution >= 0.6 is 0 Å². The van der Waals surface area contributed by atoms with Crippen LogP contribution in [0.2, 0.25) is 0 Å². The minimum Gasteiger partial charge on any atom is -0.343 e. The van der Waals surface area contributed by atoms with Crippen LogP contribution in [0.25, 0.3) is 10.9 Å². The lowest BCUT2D eigenvalue weighted by Crippen LogP contribution is -2.32. The highest BCUT2D eigenvalue weighted by molar-refractivity contribution is 6.03. The van der Waals surface area contributed by atoms with Gasteiger partial charge in [-0.15, -0.1) is 0 Å². The van der Waals surface area contributed by atoms with Crippen molar-refractivity contribution in [3.8, 4) is 0 Å². The van der Waals surface area contributed by atoms with Crippen LogP contribution in [-0.2, 0) is 4.79 Å². The second kappa shape index (κ2) is 7.39. The predicted molar refractivity (Wildman–Crippen MR) is 95.8 cm³/mol. The van der Waals surface area contributed by atoms with Gasteiger partial charge in [0, 0.05) is 29.3 Å². The van der Waals surface area contributed by atoms with Crippen LogP contribution in [0.3, 0.4) is 0 Å². The SMILES string of the molecule is O=C(CNC(=O)c1ccc([N+](=O)[O-])cc1)Nc1cccc2cccnc12. The monoisotopic (exact) mass is 350 g/mol. The molecule has 0 unspecified atom stereocenters. The van der Waals surface area contributed by atoms with Gasteiger partial charge in [-0.05, 0) is 24.3 Å². The van der Waals surface area contributed by atoms with E-state index < -0.39 is 16.7 Å². The molecule has 2 amide bonds.